The molecule has 0 radical (unpaired) electrons. The molecule has 6 nitrogen and oxygen atoms in total. The van der Waals surface area contributed by atoms with Crippen LogP contribution in [0.4, 0.5) is 4.79 Å². The summed E-state index contributed by atoms with van der Waals surface area (Å²) < 4.78 is 10.8. The average Bonchev–Trinajstić information content (AvgIpc) is 2.94. The van der Waals surface area contributed by atoms with Gasteiger partial charge in [0.05, 0.1) is 6.04 Å². The van der Waals surface area contributed by atoms with Crippen LogP contribution in [0.25, 0.3) is 0 Å². The van der Waals surface area contributed by atoms with Gasteiger partial charge in [0.1, 0.15) is 0 Å². The first-order chi connectivity index (χ1) is 11.0. The molecular formula is C17H27N3O3. The molecule has 2 N–H and O–H groups in total. The average molecular weight is 321 g/mol. The van der Waals surface area contributed by atoms with Crippen LogP contribution >= 0.6 is 0 Å². The first kappa shape index (κ1) is 17.4. The third-order valence-corrected chi connectivity index (χ3v) is 3.87. The van der Waals surface area contributed by atoms with Gasteiger partial charge >= 0.3 is 6.03 Å². The van der Waals surface area contributed by atoms with Crippen molar-refractivity contribution in [1.82, 2.24) is 15.5 Å². The summed E-state index contributed by atoms with van der Waals surface area (Å²) in [4.78, 5) is 14.0. The summed E-state index contributed by atoms with van der Waals surface area (Å²) in [5, 5.41) is 5.83. The molecule has 2 rings (SSSR count). The summed E-state index contributed by atoms with van der Waals surface area (Å²) >= 11 is 0. The van der Waals surface area contributed by atoms with Crippen molar-refractivity contribution in [1.29, 1.82) is 0 Å². The molecule has 2 amide bonds. The molecule has 0 fully saturated rings. The van der Waals surface area contributed by atoms with Crippen molar-refractivity contribution in [3.63, 3.8) is 0 Å². The number of urea groups is 1. The van der Waals surface area contributed by atoms with Crippen molar-refractivity contribution in [3.8, 4) is 11.5 Å². The van der Waals surface area contributed by atoms with Gasteiger partial charge < -0.3 is 25.0 Å². The van der Waals surface area contributed by atoms with Crippen LogP contribution in [-0.4, -0.2) is 44.9 Å². The minimum atomic E-state index is -0.127. The molecule has 1 aromatic rings. The lowest BCUT2D eigenvalue weighted by Crippen LogP contribution is -2.41. The Morgan fingerprint density at radius 1 is 1.22 bits per heavy atom. The highest BCUT2D eigenvalue weighted by Crippen LogP contribution is 2.34. The third-order valence-electron chi connectivity index (χ3n) is 3.87. The zero-order chi connectivity index (χ0) is 16.8. The van der Waals surface area contributed by atoms with E-state index in [1.807, 2.05) is 32.3 Å². The monoisotopic (exact) mass is 321 g/mol. The van der Waals surface area contributed by atoms with Crippen LogP contribution < -0.4 is 20.1 Å². The Morgan fingerprint density at radius 3 is 2.65 bits per heavy atom. The second-order valence-electron chi connectivity index (χ2n) is 6.41. The van der Waals surface area contributed by atoms with Crippen LogP contribution in [-0.2, 0) is 0 Å². The predicted octanol–water partition coefficient (Wildman–Crippen LogP) is 2.36. The highest BCUT2D eigenvalue weighted by molar-refractivity contribution is 5.73. The van der Waals surface area contributed by atoms with Crippen LogP contribution in [0.3, 0.4) is 0 Å². The topological polar surface area (TPSA) is 62.8 Å². The minimum absolute atomic E-state index is 0.0698. The Hall–Kier alpha value is -1.95. The van der Waals surface area contributed by atoms with Crippen LogP contribution in [0.5, 0.6) is 11.5 Å². The minimum Gasteiger partial charge on any atom is -0.454 e. The van der Waals surface area contributed by atoms with Gasteiger partial charge in [-0.1, -0.05) is 19.9 Å². The van der Waals surface area contributed by atoms with Gasteiger partial charge in [-0.05, 0) is 44.1 Å². The first-order valence-electron chi connectivity index (χ1n) is 8.05. The number of nitrogens with one attached hydrogen (secondary N) is 2. The largest absolute Gasteiger partial charge is 0.454 e. The molecule has 1 aliphatic rings. The fraction of sp³-hybridized carbons (Fsp3) is 0.588. The molecule has 0 aromatic heterocycles. The van der Waals surface area contributed by atoms with Gasteiger partial charge in [0.2, 0.25) is 6.79 Å². The fourth-order valence-corrected chi connectivity index (χ4v) is 2.45. The van der Waals surface area contributed by atoms with E-state index in [0.29, 0.717) is 19.0 Å². The van der Waals surface area contributed by atoms with E-state index in [1.165, 1.54) is 0 Å². The van der Waals surface area contributed by atoms with Gasteiger partial charge in [-0.3, -0.25) is 0 Å². The van der Waals surface area contributed by atoms with E-state index in [9.17, 15) is 4.79 Å². The summed E-state index contributed by atoms with van der Waals surface area (Å²) in [5.41, 5.74) is 1.08. The highest BCUT2D eigenvalue weighted by Gasteiger charge is 2.20. The Morgan fingerprint density at radius 2 is 1.96 bits per heavy atom. The standard InChI is InChI=1S/C17H27N3O3/c1-12(2)7-8-18-17(21)19-10-14(20(3)4)13-5-6-15-16(9-13)23-11-22-15/h5-6,9,12,14H,7-8,10-11H2,1-4H3,(H2,18,19,21). The van der Waals surface area contributed by atoms with Crippen molar-refractivity contribution in [2.75, 3.05) is 34.0 Å². The second-order valence-corrected chi connectivity index (χ2v) is 6.41. The molecule has 1 heterocycles. The van der Waals surface area contributed by atoms with Crippen molar-refractivity contribution >= 4 is 6.03 Å². The molecule has 0 aliphatic carbocycles. The predicted molar refractivity (Wildman–Crippen MR) is 89.8 cm³/mol. The molecule has 1 unspecified atom stereocenters. The van der Waals surface area contributed by atoms with E-state index in [4.69, 9.17) is 9.47 Å². The summed E-state index contributed by atoms with van der Waals surface area (Å²) in [6, 6.07) is 5.84. The molecular weight excluding hydrogens is 294 g/mol. The lowest BCUT2D eigenvalue weighted by Gasteiger charge is -2.25. The van der Waals surface area contributed by atoms with Crippen molar-refractivity contribution in [3.05, 3.63) is 23.8 Å². The Kier molecular flexibility index (Phi) is 6.10. The summed E-state index contributed by atoms with van der Waals surface area (Å²) in [6.45, 7) is 5.77. The van der Waals surface area contributed by atoms with Crippen LogP contribution in [0, 0.1) is 5.92 Å². The maximum absolute atomic E-state index is 11.9. The zero-order valence-corrected chi connectivity index (χ0v) is 14.4. The normalized spacial score (nSPS) is 14.2. The smallest absolute Gasteiger partial charge is 0.314 e. The summed E-state index contributed by atoms with van der Waals surface area (Å²) in [5.74, 6) is 2.11. The fourth-order valence-electron chi connectivity index (χ4n) is 2.45. The number of amides is 2. The number of benzene rings is 1. The van der Waals surface area contributed by atoms with Gasteiger partial charge in [0, 0.05) is 13.1 Å². The maximum Gasteiger partial charge on any atom is 0.314 e. The van der Waals surface area contributed by atoms with Gasteiger partial charge in [-0.15, -0.1) is 0 Å². The molecule has 23 heavy (non-hydrogen) atoms. The Bertz CT molecular complexity index is 532. The van der Waals surface area contributed by atoms with Crippen LogP contribution in [0.2, 0.25) is 0 Å². The van der Waals surface area contributed by atoms with E-state index in [-0.39, 0.29) is 18.9 Å². The number of hydrogen-bond donors (Lipinski definition) is 2. The number of likely N-dealkylation sites (N-methyl/N-ethyl adjacent to an activating group) is 1. The summed E-state index contributed by atoms with van der Waals surface area (Å²) in [7, 11) is 3.99. The van der Waals surface area contributed by atoms with Gasteiger partial charge in [-0.2, -0.15) is 0 Å². The molecule has 0 spiro atoms. The van der Waals surface area contributed by atoms with E-state index in [1.54, 1.807) is 0 Å². The lowest BCUT2D eigenvalue weighted by atomic mass is 10.1. The first-order valence-corrected chi connectivity index (χ1v) is 8.05. The van der Waals surface area contributed by atoms with Crippen LogP contribution in [0.15, 0.2) is 18.2 Å². The van der Waals surface area contributed by atoms with E-state index < -0.39 is 0 Å². The van der Waals surface area contributed by atoms with Crippen LogP contribution in [0.1, 0.15) is 31.9 Å². The zero-order valence-electron chi connectivity index (χ0n) is 14.4. The third kappa shape index (κ3) is 5.03. The Labute approximate surface area is 138 Å². The molecule has 1 atom stereocenters. The number of carbonyl (C=O) groups is 1. The highest BCUT2D eigenvalue weighted by atomic mass is 16.7. The maximum atomic E-state index is 11.9. The van der Waals surface area contributed by atoms with Gasteiger partial charge in [0.15, 0.2) is 11.5 Å². The summed E-state index contributed by atoms with van der Waals surface area (Å²) in [6.07, 6.45) is 0.979. The molecule has 1 aromatic carbocycles. The number of carbonyl (C=O) groups excluding carboxylic acids is 1. The van der Waals surface area contributed by atoms with E-state index >= 15 is 0 Å². The molecule has 6 heteroatoms. The number of hydrogen-bond acceptors (Lipinski definition) is 4. The number of nitrogens with zero attached hydrogens (tertiary/aromatic N) is 1. The molecule has 0 saturated heterocycles. The quantitative estimate of drug-likeness (QED) is 0.809. The number of rotatable bonds is 7. The molecule has 0 saturated carbocycles. The number of ether oxygens (including phenoxy) is 2. The van der Waals surface area contributed by atoms with Crippen molar-refractivity contribution in [2.45, 2.75) is 26.3 Å². The van der Waals surface area contributed by atoms with Gasteiger partial charge in [-0.25, -0.2) is 4.79 Å². The lowest BCUT2D eigenvalue weighted by molar-refractivity contribution is 0.174. The Balaban J connectivity index is 1.90. The van der Waals surface area contributed by atoms with E-state index in [2.05, 4.69) is 29.4 Å². The molecule has 128 valence electrons. The van der Waals surface area contributed by atoms with E-state index in [0.717, 1.165) is 23.5 Å². The molecule has 1 aliphatic heterocycles. The van der Waals surface area contributed by atoms with Gasteiger partial charge in [0.25, 0.3) is 0 Å². The van der Waals surface area contributed by atoms with Crippen molar-refractivity contribution < 1.29 is 14.3 Å². The second kappa shape index (κ2) is 8.06. The van der Waals surface area contributed by atoms with Crippen molar-refractivity contribution in [2.24, 2.45) is 5.92 Å². The SMILES string of the molecule is CC(C)CCNC(=O)NCC(c1ccc2c(c1)OCO2)N(C)C. The number of fused-ring (bicyclic) bond motifs is 1. The molecule has 0 bridgehead atoms.